The molecule has 2 rings (SSSR count). The largest absolute Gasteiger partial charge is 0.330 e. The van der Waals surface area contributed by atoms with Gasteiger partial charge in [0.15, 0.2) is 0 Å². The fourth-order valence-corrected chi connectivity index (χ4v) is 2.36. The summed E-state index contributed by atoms with van der Waals surface area (Å²) in [5, 5.41) is 0.712. The minimum Gasteiger partial charge on any atom is -0.330 e. The van der Waals surface area contributed by atoms with E-state index in [1.54, 1.807) is 12.1 Å². The van der Waals surface area contributed by atoms with Crippen molar-refractivity contribution in [1.82, 2.24) is 0 Å². The van der Waals surface area contributed by atoms with E-state index in [1.165, 1.54) is 6.07 Å². The number of halogens is 2. The van der Waals surface area contributed by atoms with Gasteiger partial charge in [0.05, 0.1) is 0 Å². The second-order valence-corrected chi connectivity index (χ2v) is 4.70. The van der Waals surface area contributed by atoms with Gasteiger partial charge in [-0.2, -0.15) is 0 Å². The molecule has 18 heavy (non-hydrogen) atoms. The van der Waals surface area contributed by atoms with E-state index < -0.39 is 0 Å². The minimum absolute atomic E-state index is 0.112. The van der Waals surface area contributed by atoms with Gasteiger partial charge < -0.3 is 5.73 Å². The highest BCUT2D eigenvalue weighted by Gasteiger charge is 2.13. The zero-order chi connectivity index (χ0) is 13.0. The Morgan fingerprint density at radius 1 is 1.11 bits per heavy atom. The fourth-order valence-electron chi connectivity index (χ4n) is 2.07. The molecule has 0 bridgehead atoms. The normalized spacial score (nSPS) is 12.4. The van der Waals surface area contributed by atoms with Crippen LogP contribution < -0.4 is 5.73 Å². The summed E-state index contributed by atoms with van der Waals surface area (Å²) in [6.45, 7) is 0.486. The Labute approximate surface area is 111 Å². The van der Waals surface area contributed by atoms with Crippen LogP contribution in [0.5, 0.6) is 0 Å². The van der Waals surface area contributed by atoms with E-state index in [9.17, 15) is 4.39 Å². The lowest BCUT2D eigenvalue weighted by atomic mass is 9.92. The first kappa shape index (κ1) is 13.1. The van der Waals surface area contributed by atoms with Crippen LogP contribution in [0.15, 0.2) is 48.5 Å². The van der Waals surface area contributed by atoms with Crippen LogP contribution in [-0.2, 0) is 6.42 Å². The molecule has 0 aliphatic heterocycles. The maximum atomic E-state index is 13.1. The molecule has 0 heterocycles. The van der Waals surface area contributed by atoms with Gasteiger partial charge >= 0.3 is 0 Å². The predicted octanol–water partition coefficient (Wildman–Crippen LogP) is 3.76. The van der Waals surface area contributed by atoms with Crippen LogP contribution in [0.4, 0.5) is 4.39 Å². The summed E-state index contributed by atoms with van der Waals surface area (Å²) < 4.78 is 13.1. The fraction of sp³-hybridized carbons (Fsp3) is 0.200. The average Bonchev–Trinajstić information content (AvgIpc) is 2.37. The number of hydrogen-bond donors (Lipinski definition) is 1. The quantitative estimate of drug-likeness (QED) is 0.893. The SMILES string of the molecule is NCC(Cc1cccc(F)c1)c1ccccc1Cl. The molecular weight excluding hydrogens is 249 g/mol. The van der Waals surface area contributed by atoms with E-state index in [2.05, 4.69) is 0 Å². The summed E-state index contributed by atoms with van der Waals surface area (Å²) in [5.74, 6) is -0.108. The Kier molecular flexibility index (Phi) is 4.34. The van der Waals surface area contributed by atoms with E-state index in [1.807, 2.05) is 30.3 Å². The van der Waals surface area contributed by atoms with E-state index in [0.29, 0.717) is 18.0 Å². The topological polar surface area (TPSA) is 26.0 Å². The molecule has 0 aliphatic carbocycles. The third kappa shape index (κ3) is 3.09. The Bertz CT molecular complexity index is 527. The van der Waals surface area contributed by atoms with Crippen molar-refractivity contribution >= 4 is 11.6 Å². The van der Waals surface area contributed by atoms with Crippen LogP contribution in [0.3, 0.4) is 0 Å². The maximum Gasteiger partial charge on any atom is 0.123 e. The number of benzene rings is 2. The molecule has 1 atom stereocenters. The summed E-state index contributed by atoms with van der Waals surface area (Å²) in [6, 6.07) is 14.3. The Hall–Kier alpha value is -1.38. The molecule has 0 saturated heterocycles. The van der Waals surface area contributed by atoms with Gasteiger partial charge in [-0.1, -0.05) is 41.9 Å². The van der Waals surface area contributed by atoms with Gasteiger partial charge in [0, 0.05) is 10.9 Å². The summed E-state index contributed by atoms with van der Waals surface area (Å²) in [4.78, 5) is 0. The zero-order valence-electron chi connectivity index (χ0n) is 9.94. The third-order valence-corrected chi connectivity index (χ3v) is 3.34. The molecule has 3 heteroatoms. The molecule has 0 aromatic heterocycles. The molecule has 0 radical (unpaired) electrons. The first-order valence-corrected chi connectivity index (χ1v) is 6.27. The van der Waals surface area contributed by atoms with Gasteiger partial charge in [-0.15, -0.1) is 0 Å². The summed E-state index contributed by atoms with van der Waals surface area (Å²) in [7, 11) is 0. The molecule has 2 aromatic rings. The standard InChI is InChI=1S/C15H15ClFN/c16-15-7-2-1-6-14(15)12(10-18)8-11-4-3-5-13(17)9-11/h1-7,9,12H,8,10,18H2. The lowest BCUT2D eigenvalue weighted by Gasteiger charge is -2.16. The third-order valence-electron chi connectivity index (χ3n) is 3.00. The van der Waals surface area contributed by atoms with Crippen molar-refractivity contribution in [2.45, 2.75) is 12.3 Å². The highest BCUT2D eigenvalue weighted by molar-refractivity contribution is 6.31. The van der Waals surface area contributed by atoms with E-state index in [0.717, 1.165) is 11.1 Å². The van der Waals surface area contributed by atoms with Crippen molar-refractivity contribution in [2.24, 2.45) is 5.73 Å². The highest BCUT2D eigenvalue weighted by Crippen LogP contribution is 2.26. The van der Waals surface area contributed by atoms with Crippen molar-refractivity contribution < 1.29 is 4.39 Å². The number of nitrogens with two attached hydrogens (primary N) is 1. The average molecular weight is 264 g/mol. The molecule has 1 unspecified atom stereocenters. The van der Waals surface area contributed by atoms with Crippen LogP contribution in [0, 0.1) is 5.82 Å². The molecule has 0 spiro atoms. The molecular formula is C15H15ClFN. The summed E-state index contributed by atoms with van der Waals surface area (Å²) in [6.07, 6.45) is 0.692. The van der Waals surface area contributed by atoms with Gasteiger partial charge in [-0.05, 0) is 42.3 Å². The smallest absolute Gasteiger partial charge is 0.123 e. The summed E-state index contributed by atoms with van der Waals surface area (Å²) >= 11 is 6.17. The Morgan fingerprint density at radius 3 is 2.56 bits per heavy atom. The van der Waals surface area contributed by atoms with Crippen molar-refractivity contribution in [3.8, 4) is 0 Å². The highest BCUT2D eigenvalue weighted by atomic mass is 35.5. The molecule has 2 aromatic carbocycles. The minimum atomic E-state index is -0.220. The second kappa shape index (κ2) is 5.98. The van der Waals surface area contributed by atoms with Crippen molar-refractivity contribution in [3.63, 3.8) is 0 Å². The van der Waals surface area contributed by atoms with Gasteiger partial charge in [0.2, 0.25) is 0 Å². The van der Waals surface area contributed by atoms with Crippen molar-refractivity contribution in [1.29, 1.82) is 0 Å². The van der Waals surface area contributed by atoms with Crippen LogP contribution in [-0.4, -0.2) is 6.54 Å². The van der Waals surface area contributed by atoms with E-state index in [-0.39, 0.29) is 11.7 Å². The van der Waals surface area contributed by atoms with Gasteiger partial charge in [-0.3, -0.25) is 0 Å². The number of hydrogen-bond acceptors (Lipinski definition) is 1. The van der Waals surface area contributed by atoms with Crippen LogP contribution in [0.2, 0.25) is 5.02 Å². The molecule has 0 fully saturated rings. The lowest BCUT2D eigenvalue weighted by molar-refractivity contribution is 0.621. The molecule has 94 valence electrons. The van der Waals surface area contributed by atoms with Crippen LogP contribution in [0.1, 0.15) is 17.0 Å². The van der Waals surface area contributed by atoms with Gasteiger partial charge in [0.1, 0.15) is 5.82 Å². The molecule has 0 saturated carbocycles. The zero-order valence-corrected chi connectivity index (χ0v) is 10.7. The van der Waals surface area contributed by atoms with Gasteiger partial charge in [-0.25, -0.2) is 4.39 Å². The molecule has 0 amide bonds. The molecule has 2 N–H and O–H groups in total. The van der Waals surface area contributed by atoms with Crippen molar-refractivity contribution in [3.05, 3.63) is 70.5 Å². The van der Waals surface area contributed by atoms with Crippen LogP contribution in [0.25, 0.3) is 0 Å². The van der Waals surface area contributed by atoms with E-state index >= 15 is 0 Å². The van der Waals surface area contributed by atoms with Crippen LogP contribution >= 0.6 is 11.6 Å². The van der Waals surface area contributed by atoms with Gasteiger partial charge in [0.25, 0.3) is 0 Å². The lowest BCUT2D eigenvalue weighted by Crippen LogP contribution is -2.15. The number of rotatable bonds is 4. The molecule has 1 nitrogen and oxygen atoms in total. The first-order valence-electron chi connectivity index (χ1n) is 5.89. The Morgan fingerprint density at radius 2 is 1.89 bits per heavy atom. The maximum absolute atomic E-state index is 13.1. The monoisotopic (exact) mass is 263 g/mol. The van der Waals surface area contributed by atoms with E-state index in [4.69, 9.17) is 17.3 Å². The second-order valence-electron chi connectivity index (χ2n) is 4.29. The summed E-state index contributed by atoms with van der Waals surface area (Å²) in [5.41, 5.74) is 7.76. The molecule has 0 aliphatic rings. The Balaban J connectivity index is 2.23. The van der Waals surface area contributed by atoms with Crippen molar-refractivity contribution in [2.75, 3.05) is 6.54 Å². The first-order chi connectivity index (χ1) is 8.70. The predicted molar refractivity (Wildman–Crippen MR) is 73.4 cm³/mol.